The van der Waals surface area contributed by atoms with Gasteiger partial charge >= 0.3 is 0 Å². The largest absolute Gasteiger partial charge is 0.491 e. The van der Waals surface area contributed by atoms with E-state index in [2.05, 4.69) is 26.9 Å². The Morgan fingerprint density at radius 2 is 1.86 bits per heavy atom. The van der Waals surface area contributed by atoms with Gasteiger partial charge < -0.3 is 19.8 Å². The number of anilines is 1. The van der Waals surface area contributed by atoms with Gasteiger partial charge in [-0.25, -0.2) is 0 Å². The number of ether oxygens (including phenoxy) is 1. The summed E-state index contributed by atoms with van der Waals surface area (Å²) in [5.41, 5.74) is 3.45. The van der Waals surface area contributed by atoms with E-state index in [0.29, 0.717) is 47.2 Å². The number of halogens is 1. The molecule has 0 amide bonds. The van der Waals surface area contributed by atoms with Crippen molar-refractivity contribution in [1.82, 2.24) is 9.88 Å². The van der Waals surface area contributed by atoms with Crippen molar-refractivity contribution in [2.24, 2.45) is 0 Å². The minimum atomic E-state index is -0.334. The van der Waals surface area contributed by atoms with Crippen molar-refractivity contribution in [2.75, 3.05) is 44.4 Å². The van der Waals surface area contributed by atoms with Crippen LogP contribution in [-0.2, 0) is 0 Å². The second kappa shape index (κ2) is 11.9. The Balaban J connectivity index is 1.67. The SMILES string of the molecule is N#Cc1ccc([C@H](CO)N2CCN(c3ccc(OCCO)cc3C#N)[C@H](c3ccc(Cl)cc3)C2)nc1. The van der Waals surface area contributed by atoms with Crippen LogP contribution in [0, 0.1) is 22.7 Å². The fraction of sp³-hybridized carbons (Fsp3) is 0.296. The molecule has 1 aliphatic heterocycles. The zero-order valence-corrected chi connectivity index (χ0v) is 20.3. The van der Waals surface area contributed by atoms with Gasteiger partial charge in [0.2, 0.25) is 0 Å². The summed E-state index contributed by atoms with van der Waals surface area (Å²) in [4.78, 5) is 8.78. The van der Waals surface area contributed by atoms with Gasteiger partial charge in [-0.3, -0.25) is 9.88 Å². The monoisotopic (exact) mass is 503 g/mol. The van der Waals surface area contributed by atoms with Gasteiger partial charge in [-0.15, -0.1) is 0 Å². The summed E-state index contributed by atoms with van der Waals surface area (Å²) < 4.78 is 5.50. The van der Waals surface area contributed by atoms with Crippen molar-refractivity contribution in [3.05, 3.63) is 88.2 Å². The first kappa shape index (κ1) is 25.4. The second-order valence-electron chi connectivity index (χ2n) is 8.40. The van der Waals surface area contributed by atoms with Gasteiger partial charge in [0.05, 0.1) is 47.8 Å². The van der Waals surface area contributed by atoms with Crippen molar-refractivity contribution < 1.29 is 14.9 Å². The molecule has 1 saturated heterocycles. The van der Waals surface area contributed by atoms with E-state index in [0.717, 1.165) is 11.3 Å². The number of nitriles is 2. The van der Waals surface area contributed by atoms with Crippen molar-refractivity contribution in [3.63, 3.8) is 0 Å². The minimum Gasteiger partial charge on any atom is -0.491 e. The summed E-state index contributed by atoms with van der Waals surface area (Å²) in [6.07, 6.45) is 1.52. The van der Waals surface area contributed by atoms with Gasteiger partial charge in [-0.1, -0.05) is 23.7 Å². The number of aliphatic hydroxyl groups excluding tert-OH is 2. The lowest BCUT2D eigenvalue weighted by molar-refractivity contribution is 0.100. The molecule has 36 heavy (non-hydrogen) atoms. The first-order chi connectivity index (χ1) is 17.6. The number of aliphatic hydroxyl groups is 2. The summed E-state index contributed by atoms with van der Waals surface area (Å²) in [6.45, 7) is 1.73. The van der Waals surface area contributed by atoms with E-state index in [9.17, 15) is 10.4 Å². The molecule has 1 aliphatic rings. The zero-order valence-electron chi connectivity index (χ0n) is 19.6. The molecule has 1 aromatic heterocycles. The lowest BCUT2D eigenvalue weighted by Gasteiger charge is -2.45. The number of hydrogen-bond acceptors (Lipinski definition) is 8. The summed E-state index contributed by atoms with van der Waals surface area (Å²) in [7, 11) is 0. The van der Waals surface area contributed by atoms with Gasteiger partial charge in [0, 0.05) is 30.9 Å². The molecule has 2 heterocycles. The van der Waals surface area contributed by atoms with Crippen LogP contribution >= 0.6 is 11.6 Å². The molecule has 0 bridgehead atoms. The van der Waals surface area contributed by atoms with Crippen LogP contribution < -0.4 is 9.64 Å². The minimum absolute atomic E-state index is 0.107. The Labute approximate surface area is 215 Å². The van der Waals surface area contributed by atoms with Crippen LogP contribution in [0.1, 0.15) is 34.5 Å². The molecule has 8 nitrogen and oxygen atoms in total. The van der Waals surface area contributed by atoms with Crippen LogP contribution in [0.5, 0.6) is 5.75 Å². The summed E-state index contributed by atoms with van der Waals surface area (Å²) in [5, 5.41) is 38.9. The highest BCUT2D eigenvalue weighted by atomic mass is 35.5. The third-order valence-corrected chi connectivity index (χ3v) is 6.55. The van der Waals surface area contributed by atoms with Gasteiger partial charge in [-0.05, 0) is 48.0 Å². The maximum Gasteiger partial charge on any atom is 0.120 e. The molecule has 0 saturated carbocycles. The van der Waals surface area contributed by atoms with E-state index in [1.54, 1.807) is 24.3 Å². The summed E-state index contributed by atoms with van der Waals surface area (Å²) in [5.74, 6) is 0.526. The number of piperazine rings is 1. The standard InChI is InChI=1S/C27H26ClN5O3/c28-22-4-2-20(3-5-22)26-17-32(27(18-35)24-7-1-19(14-29)16-31-24)9-10-33(26)25-8-6-23(36-12-11-34)13-21(25)15-30/h1-8,13,16,26-27,34-35H,9-12,17-18H2/t26-,27-/m0/s1. The van der Waals surface area contributed by atoms with Crippen LogP contribution in [0.25, 0.3) is 0 Å². The molecule has 2 N–H and O–H groups in total. The molecule has 2 atom stereocenters. The lowest BCUT2D eigenvalue weighted by Crippen LogP contribution is -2.50. The fourth-order valence-electron chi connectivity index (χ4n) is 4.52. The highest BCUT2D eigenvalue weighted by Crippen LogP contribution is 2.37. The smallest absolute Gasteiger partial charge is 0.120 e. The number of nitrogens with zero attached hydrogens (tertiary/aromatic N) is 5. The first-order valence-corrected chi connectivity index (χ1v) is 12.0. The lowest BCUT2D eigenvalue weighted by atomic mass is 9.98. The van der Waals surface area contributed by atoms with Crippen LogP contribution in [0.15, 0.2) is 60.8 Å². The molecule has 0 radical (unpaired) electrons. The molecule has 184 valence electrons. The Bertz CT molecular complexity index is 1250. The van der Waals surface area contributed by atoms with Crippen molar-refractivity contribution >= 4 is 17.3 Å². The highest BCUT2D eigenvalue weighted by Gasteiger charge is 2.34. The number of pyridine rings is 1. The van der Waals surface area contributed by atoms with Crippen molar-refractivity contribution in [1.29, 1.82) is 10.5 Å². The average Bonchev–Trinajstić information content (AvgIpc) is 2.93. The van der Waals surface area contributed by atoms with Gasteiger partial charge in [-0.2, -0.15) is 10.5 Å². The van der Waals surface area contributed by atoms with Crippen LogP contribution in [0.3, 0.4) is 0 Å². The Kier molecular flexibility index (Phi) is 8.37. The van der Waals surface area contributed by atoms with E-state index in [4.69, 9.17) is 26.7 Å². The van der Waals surface area contributed by atoms with E-state index < -0.39 is 0 Å². The molecule has 0 unspecified atom stereocenters. The number of aromatic nitrogens is 1. The molecular formula is C27H26ClN5O3. The van der Waals surface area contributed by atoms with Crippen molar-refractivity contribution in [3.8, 4) is 17.9 Å². The molecule has 4 rings (SSSR count). The predicted molar refractivity (Wildman–Crippen MR) is 136 cm³/mol. The molecule has 0 aliphatic carbocycles. The highest BCUT2D eigenvalue weighted by molar-refractivity contribution is 6.30. The second-order valence-corrected chi connectivity index (χ2v) is 8.84. The fourth-order valence-corrected chi connectivity index (χ4v) is 4.64. The van der Waals surface area contributed by atoms with E-state index in [1.165, 1.54) is 6.20 Å². The topological polar surface area (TPSA) is 117 Å². The number of hydrogen-bond donors (Lipinski definition) is 2. The molecule has 2 aromatic carbocycles. The van der Waals surface area contributed by atoms with E-state index >= 15 is 0 Å². The van der Waals surface area contributed by atoms with Crippen molar-refractivity contribution in [2.45, 2.75) is 12.1 Å². The number of benzene rings is 2. The molecule has 3 aromatic rings. The van der Waals surface area contributed by atoms with E-state index in [1.807, 2.05) is 30.3 Å². The molecular weight excluding hydrogens is 478 g/mol. The quantitative estimate of drug-likeness (QED) is 0.480. The van der Waals surface area contributed by atoms with Crippen LogP contribution in [0.2, 0.25) is 5.02 Å². The van der Waals surface area contributed by atoms with Gasteiger partial charge in [0.25, 0.3) is 0 Å². The van der Waals surface area contributed by atoms with Gasteiger partial charge in [0.15, 0.2) is 0 Å². The van der Waals surface area contributed by atoms with Crippen LogP contribution in [0.4, 0.5) is 5.69 Å². The molecule has 0 spiro atoms. The predicted octanol–water partition coefficient (Wildman–Crippen LogP) is 3.45. The Hall–Kier alpha value is -3.66. The maximum atomic E-state index is 10.3. The van der Waals surface area contributed by atoms with Crippen LogP contribution in [-0.4, -0.2) is 59.6 Å². The number of rotatable bonds is 8. The Morgan fingerprint density at radius 3 is 2.50 bits per heavy atom. The average molecular weight is 504 g/mol. The molecule has 9 heteroatoms. The van der Waals surface area contributed by atoms with Gasteiger partial charge in [0.1, 0.15) is 24.5 Å². The third kappa shape index (κ3) is 5.59. The first-order valence-electron chi connectivity index (χ1n) is 11.6. The zero-order chi connectivity index (χ0) is 25.5. The third-order valence-electron chi connectivity index (χ3n) is 6.30. The Morgan fingerprint density at radius 1 is 1.06 bits per heavy atom. The van der Waals surface area contributed by atoms with E-state index in [-0.39, 0.29) is 31.9 Å². The summed E-state index contributed by atoms with van der Waals surface area (Å²) >= 11 is 6.15. The normalized spacial score (nSPS) is 16.7. The summed E-state index contributed by atoms with van der Waals surface area (Å²) in [6, 6.07) is 20.4. The maximum absolute atomic E-state index is 10.3. The molecule has 1 fully saturated rings.